The first kappa shape index (κ1) is 13.1. The lowest BCUT2D eigenvalue weighted by Crippen LogP contribution is -2.05. The van der Waals surface area contributed by atoms with Crippen LogP contribution in [0.4, 0.5) is 0 Å². The molecule has 0 radical (unpaired) electrons. The van der Waals surface area contributed by atoms with E-state index in [2.05, 4.69) is 4.98 Å². The van der Waals surface area contributed by atoms with Crippen LogP contribution in [-0.2, 0) is 15.9 Å². The molecule has 0 aromatic carbocycles. The number of aromatic nitrogens is 1. The Hall–Kier alpha value is -1.36. The number of hydrogen-bond donors (Lipinski definition) is 0. The first-order chi connectivity index (χ1) is 8.76. The largest absolute Gasteiger partial charge is 0.460 e. The molecule has 0 saturated heterocycles. The lowest BCUT2D eigenvalue weighted by molar-refractivity contribution is 0.0486. The van der Waals surface area contributed by atoms with Gasteiger partial charge in [0.05, 0.1) is 12.3 Å². The van der Waals surface area contributed by atoms with Crippen molar-refractivity contribution in [3.8, 4) is 0 Å². The molecule has 0 bridgehead atoms. The number of rotatable bonds is 7. The summed E-state index contributed by atoms with van der Waals surface area (Å²) in [4.78, 5) is 16.2. The Balaban J connectivity index is 2.08. The predicted molar refractivity (Wildman–Crippen MR) is 64.6 cm³/mol. The van der Waals surface area contributed by atoms with Gasteiger partial charge in [-0.25, -0.2) is 9.78 Å². The maximum absolute atomic E-state index is 11.8. The summed E-state index contributed by atoms with van der Waals surface area (Å²) in [5.41, 5.74) is 0.779. The third kappa shape index (κ3) is 3.10. The Morgan fingerprint density at radius 3 is 2.89 bits per heavy atom. The molecule has 1 heterocycles. The molecule has 0 spiro atoms. The van der Waals surface area contributed by atoms with Crippen molar-refractivity contribution in [2.24, 2.45) is 0 Å². The molecule has 0 amide bonds. The van der Waals surface area contributed by atoms with Crippen molar-refractivity contribution in [2.45, 2.75) is 38.5 Å². The summed E-state index contributed by atoms with van der Waals surface area (Å²) in [6.45, 7) is 2.79. The number of oxazole rings is 1. The van der Waals surface area contributed by atoms with Crippen LogP contribution in [0, 0.1) is 0 Å². The maximum Gasteiger partial charge on any atom is 0.376 e. The van der Waals surface area contributed by atoms with Gasteiger partial charge in [0.1, 0.15) is 0 Å². The Kier molecular flexibility index (Phi) is 4.36. The summed E-state index contributed by atoms with van der Waals surface area (Å²) in [5, 5.41) is 0. The molecule has 1 fully saturated rings. The van der Waals surface area contributed by atoms with Crippen LogP contribution in [0.25, 0.3) is 0 Å². The molecule has 5 nitrogen and oxygen atoms in total. The summed E-state index contributed by atoms with van der Waals surface area (Å²) in [6.07, 6.45) is 3.68. The van der Waals surface area contributed by atoms with Crippen molar-refractivity contribution < 1.29 is 18.7 Å². The highest BCUT2D eigenvalue weighted by Crippen LogP contribution is 2.41. The third-order valence-corrected chi connectivity index (χ3v) is 2.86. The highest BCUT2D eigenvalue weighted by molar-refractivity contribution is 5.87. The fourth-order valence-electron chi connectivity index (χ4n) is 1.83. The summed E-state index contributed by atoms with van der Waals surface area (Å²) in [7, 11) is 1.66. The number of ether oxygens (including phenoxy) is 2. The zero-order valence-corrected chi connectivity index (χ0v) is 10.9. The third-order valence-electron chi connectivity index (χ3n) is 2.86. The molecule has 2 rings (SSSR count). The van der Waals surface area contributed by atoms with E-state index in [1.165, 1.54) is 0 Å². The van der Waals surface area contributed by atoms with E-state index < -0.39 is 5.97 Å². The monoisotopic (exact) mass is 253 g/mol. The molecule has 18 heavy (non-hydrogen) atoms. The van der Waals surface area contributed by atoms with Gasteiger partial charge in [0.15, 0.2) is 5.89 Å². The van der Waals surface area contributed by atoms with Gasteiger partial charge < -0.3 is 13.9 Å². The number of carbonyl (C=O) groups is 1. The molecule has 0 aliphatic heterocycles. The first-order valence-corrected chi connectivity index (χ1v) is 6.42. The molecule has 1 saturated carbocycles. The lowest BCUT2D eigenvalue weighted by Gasteiger charge is -1.99. The van der Waals surface area contributed by atoms with Gasteiger partial charge >= 0.3 is 5.97 Å². The second-order valence-electron chi connectivity index (χ2n) is 4.41. The van der Waals surface area contributed by atoms with Crippen molar-refractivity contribution in [1.29, 1.82) is 0 Å². The van der Waals surface area contributed by atoms with Crippen molar-refractivity contribution in [3.63, 3.8) is 0 Å². The summed E-state index contributed by atoms with van der Waals surface area (Å²) in [6, 6.07) is 0. The number of aryl methyl sites for hydroxylation is 1. The summed E-state index contributed by atoms with van der Waals surface area (Å²) >= 11 is 0. The van der Waals surface area contributed by atoms with E-state index in [9.17, 15) is 4.79 Å². The SMILES string of the molecule is CCOC(=O)c1oc(CCCOC)nc1C1CC1. The summed E-state index contributed by atoms with van der Waals surface area (Å²) in [5.74, 6) is 0.887. The molecule has 1 aliphatic carbocycles. The van der Waals surface area contributed by atoms with E-state index >= 15 is 0 Å². The highest BCUT2D eigenvalue weighted by atomic mass is 16.5. The van der Waals surface area contributed by atoms with Gasteiger partial charge in [-0.3, -0.25) is 0 Å². The van der Waals surface area contributed by atoms with Crippen molar-refractivity contribution in [1.82, 2.24) is 4.98 Å². The van der Waals surface area contributed by atoms with Crippen LogP contribution in [0.5, 0.6) is 0 Å². The molecular formula is C13H19NO4. The summed E-state index contributed by atoms with van der Waals surface area (Å²) < 4.78 is 15.5. The van der Waals surface area contributed by atoms with Gasteiger partial charge in [0, 0.05) is 26.1 Å². The van der Waals surface area contributed by atoms with Crippen LogP contribution < -0.4 is 0 Å². The van der Waals surface area contributed by atoms with E-state index in [0.717, 1.165) is 25.0 Å². The molecule has 1 aromatic rings. The van der Waals surface area contributed by atoms with Gasteiger partial charge in [-0.2, -0.15) is 0 Å². The Bertz CT molecular complexity index is 409. The van der Waals surface area contributed by atoms with E-state index in [0.29, 0.717) is 37.2 Å². The number of hydrogen-bond acceptors (Lipinski definition) is 5. The van der Waals surface area contributed by atoms with Crippen molar-refractivity contribution >= 4 is 5.97 Å². The fourth-order valence-corrected chi connectivity index (χ4v) is 1.83. The minimum Gasteiger partial charge on any atom is -0.460 e. The molecule has 0 atom stereocenters. The molecule has 1 aromatic heterocycles. The highest BCUT2D eigenvalue weighted by Gasteiger charge is 2.33. The fraction of sp³-hybridized carbons (Fsp3) is 0.692. The minimum atomic E-state index is -0.398. The average Bonchev–Trinajstić information content (AvgIpc) is 3.11. The zero-order chi connectivity index (χ0) is 13.0. The smallest absolute Gasteiger partial charge is 0.376 e. The predicted octanol–water partition coefficient (Wildman–Crippen LogP) is 2.31. The van der Waals surface area contributed by atoms with Crippen molar-refractivity contribution in [2.75, 3.05) is 20.3 Å². The van der Waals surface area contributed by atoms with Crippen LogP contribution in [0.1, 0.15) is 54.2 Å². The molecule has 0 unspecified atom stereocenters. The number of carbonyl (C=O) groups excluding carboxylic acids is 1. The topological polar surface area (TPSA) is 61.6 Å². The Morgan fingerprint density at radius 1 is 1.50 bits per heavy atom. The van der Waals surface area contributed by atoms with Crippen molar-refractivity contribution in [3.05, 3.63) is 17.3 Å². The maximum atomic E-state index is 11.8. The van der Waals surface area contributed by atoms with E-state index in [1.54, 1.807) is 14.0 Å². The lowest BCUT2D eigenvalue weighted by atomic mass is 10.2. The molecule has 100 valence electrons. The first-order valence-electron chi connectivity index (χ1n) is 6.42. The van der Waals surface area contributed by atoms with Gasteiger partial charge in [0.25, 0.3) is 0 Å². The van der Waals surface area contributed by atoms with Crippen LogP contribution in [0.2, 0.25) is 0 Å². The van der Waals surface area contributed by atoms with E-state index in [1.807, 2.05) is 0 Å². The van der Waals surface area contributed by atoms with E-state index in [4.69, 9.17) is 13.9 Å². The second kappa shape index (κ2) is 6.00. The molecule has 5 heteroatoms. The Morgan fingerprint density at radius 2 is 2.28 bits per heavy atom. The second-order valence-corrected chi connectivity index (χ2v) is 4.41. The van der Waals surface area contributed by atoms with Gasteiger partial charge in [0.2, 0.25) is 5.76 Å². The van der Waals surface area contributed by atoms with Crippen LogP contribution in [0.3, 0.4) is 0 Å². The number of esters is 1. The molecule has 0 N–H and O–H groups in total. The quantitative estimate of drug-likeness (QED) is 0.551. The van der Waals surface area contributed by atoms with Crippen LogP contribution in [-0.4, -0.2) is 31.3 Å². The van der Waals surface area contributed by atoms with Crippen LogP contribution in [0.15, 0.2) is 4.42 Å². The molecule has 1 aliphatic rings. The zero-order valence-electron chi connectivity index (χ0n) is 10.9. The van der Waals surface area contributed by atoms with Gasteiger partial charge in [-0.05, 0) is 26.2 Å². The molecular weight excluding hydrogens is 234 g/mol. The minimum absolute atomic E-state index is 0.298. The van der Waals surface area contributed by atoms with E-state index in [-0.39, 0.29) is 0 Å². The van der Waals surface area contributed by atoms with Gasteiger partial charge in [-0.15, -0.1) is 0 Å². The van der Waals surface area contributed by atoms with Crippen LogP contribution >= 0.6 is 0 Å². The normalized spacial score (nSPS) is 14.8. The number of nitrogens with zero attached hydrogens (tertiary/aromatic N) is 1. The standard InChI is InChI=1S/C13H19NO4/c1-3-17-13(15)12-11(9-6-7-9)14-10(18-12)5-4-8-16-2/h9H,3-8H2,1-2H3. The average molecular weight is 253 g/mol. The Labute approximate surface area is 106 Å². The van der Waals surface area contributed by atoms with Gasteiger partial charge in [-0.1, -0.05) is 0 Å². The number of methoxy groups -OCH3 is 1.